The highest BCUT2D eigenvalue weighted by Gasteiger charge is 2.14. The summed E-state index contributed by atoms with van der Waals surface area (Å²) >= 11 is 5.90. The van der Waals surface area contributed by atoms with E-state index in [2.05, 4.69) is 10.5 Å². The van der Waals surface area contributed by atoms with Crippen LogP contribution in [0, 0.1) is 6.92 Å². The van der Waals surface area contributed by atoms with E-state index in [0.717, 1.165) is 11.3 Å². The van der Waals surface area contributed by atoms with E-state index >= 15 is 0 Å². The second-order valence-corrected chi connectivity index (χ2v) is 6.13. The molecule has 0 aromatic heterocycles. The number of amides is 1. The van der Waals surface area contributed by atoms with Crippen molar-refractivity contribution in [3.8, 4) is 5.75 Å². The second kappa shape index (κ2) is 9.68. The van der Waals surface area contributed by atoms with E-state index in [1.807, 2.05) is 31.2 Å². The van der Waals surface area contributed by atoms with Gasteiger partial charge in [-0.2, -0.15) is 0 Å². The van der Waals surface area contributed by atoms with Crippen LogP contribution in [0.2, 0.25) is 5.02 Å². The molecule has 0 aliphatic heterocycles. The highest BCUT2D eigenvalue weighted by atomic mass is 35.5. The van der Waals surface area contributed by atoms with Gasteiger partial charge in [-0.3, -0.25) is 4.79 Å². The molecule has 1 amide bonds. The maximum Gasteiger partial charge on any atom is 0.263 e. The Morgan fingerprint density at radius 3 is 2.77 bits per heavy atom. The number of amidine groups is 1. The Morgan fingerprint density at radius 1 is 1.27 bits per heavy atom. The Morgan fingerprint density at radius 2 is 2.04 bits per heavy atom. The van der Waals surface area contributed by atoms with Crippen molar-refractivity contribution < 1.29 is 14.4 Å². The highest BCUT2D eigenvalue weighted by Crippen LogP contribution is 2.12. The topological polar surface area (TPSA) is 85.9 Å². The Balaban J connectivity index is 1.74. The Kier molecular flexibility index (Phi) is 7.29. The fourth-order valence-electron chi connectivity index (χ4n) is 2.08. The number of halogens is 1. The molecule has 138 valence electrons. The molecule has 0 saturated heterocycles. The summed E-state index contributed by atoms with van der Waals surface area (Å²) in [6, 6.07) is 14.6. The lowest BCUT2D eigenvalue weighted by atomic mass is 10.2. The van der Waals surface area contributed by atoms with Gasteiger partial charge in [0.2, 0.25) is 6.10 Å². The number of carbonyl (C=O) groups excluding carboxylic acids is 1. The van der Waals surface area contributed by atoms with Gasteiger partial charge >= 0.3 is 0 Å². The summed E-state index contributed by atoms with van der Waals surface area (Å²) in [4.78, 5) is 17.1. The number of rotatable bonds is 8. The molecular formula is C19H22ClN3O3. The molecule has 0 saturated carbocycles. The first kappa shape index (κ1) is 19.6. The molecular weight excluding hydrogens is 354 g/mol. The summed E-state index contributed by atoms with van der Waals surface area (Å²) in [7, 11) is 0. The van der Waals surface area contributed by atoms with Gasteiger partial charge in [-0.05, 0) is 43.7 Å². The van der Waals surface area contributed by atoms with Gasteiger partial charge in [0.1, 0.15) is 12.4 Å². The maximum absolute atomic E-state index is 12.0. The van der Waals surface area contributed by atoms with Gasteiger partial charge in [-0.25, -0.2) is 0 Å². The van der Waals surface area contributed by atoms with Gasteiger partial charge in [0.05, 0.1) is 6.54 Å². The number of nitrogens with two attached hydrogens (primary N) is 1. The fourth-order valence-corrected chi connectivity index (χ4v) is 2.27. The molecule has 0 aliphatic rings. The zero-order valence-electron chi connectivity index (χ0n) is 14.7. The predicted molar refractivity (Wildman–Crippen MR) is 102 cm³/mol. The molecule has 2 aromatic rings. The van der Waals surface area contributed by atoms with Crippen molar-refractivity contribution in [3.05, 3.63) is 64.7 Å². The third kappa shape index (κ3) is 6.29. The number of nitrogens with zero attached hydrogens (tertiary/aromatic N) is 1. The third-order valence-corrected chi connectivity index (χ3v) is 3.69. The molecule has 0 radical (unpaired) electrons. The molecule has 1 unspecified atom stereocenters. The molecule has 0 bridgehead atoms. The Bertz CT molecular complexity index is 780. The molecule has 2 rings (SSSR count). The number of hydrogen-bond acceptors (Lipinski definition) is 4. The standard InChI is InChI=1S/C19H22ClN3O3/c1-13-5-3-8-17(11-13)25-10-9-22-19(24)14(2)26-23-18(21)15-6-4-7-16(20)12-15/h3-8,11-12,14H,9-10H2,1-2H3,(H2,21,23)(H,22,24). The van der Waals surface area contributed by atoms with Crippen LogP contribution in [-0.4, -0.2) is 31.0 Å². The van der Waals surface area contributed by atoms with Crippen molar-refractivity contribution >= 4 is 23.3 Å². The first-order valence-electron chi connectivity index (χ1n) is 8.18. The van der Waals surface area contributed by atoms with E-state index in [9.17, 15) is 4.79 Å². The van der Waals surface area contributed by atoms with Crippen LogP contribution in [0.25, 0.3) is 0 Å². The van der Waals surface area contributed by atoms with Crippen LogP contribution in [0.15, 0.2) is 53.7 Å². The number of nitrogens with one attached hydrogen (secondary N) is 1. The fraction of sp³-hybridized carbons (Fsp3) is 0.263. The van der Waals surface area contributed by atoms with Crippen molar-refractivity contribution in [2.45, 2.75) is 20.0 Å². The Hall–Kier alpha value is -2.73. The smallest absolute Gasteiger partial charge is 0.263 e. The van der Waals surface area contributed by atoms with Crippen molar-refractivity contribution in [3.63, 3.8) is 0 Å². The molecule has 0 fully saturated rings. The van der Waals surface area contributed by atoms with Crippen LogP contribution >= 0.6 is 11.6 Å². The molecule has 0 aliphatic carbocycles. The lowest BCUT2D eigenvalue weighted by Gasteiger charge is -2.12. The monoisotopic (exact) mass is 375 g/mol. The zero-order chi connectivity index (χ0) is 18.9. The average molecular weight is 376 g/mol. The van der Waals surface area contributed by atoms with Gasteiger partial charge in [-0.1, -0.05) is 41.0 Å². The molecule has 0 heterocycles. The lowest BCUT2D eigenvalue weighted by molar-refractivity contribution is -0.131. The molecule has 6 nitrogen and oxygen atoms in total. The number of hydrogen-bond donors (Lipinski definition) is 2. The average Bonchev–Trinajstić information content (AvgIpc) is 2.62. The van der Waals surface area contributed by atoms with E-state index in [1.54, 1.807) is 31.2 Å². The van der Waals surface area contributed by atoms with Crippen molar-refractivity contribution in [1.82, 2.24) is 5.32 Å². The largest absolute Gasteiger partial charge is 0.492 e. The first-order valence-corrected chi connectivity index (χ1v) is 8.56. The number of carbonyl (C=O) groups is 1. The third-order valence-electron chi connectivity index (χ3n) is 3.46. The van der Waals surface area contributed by atoms with Gasteiger partial charge in [-0.15, -0.1) is 0 Å². The summed E-state index contributed by atoms with van der Waals surface area (Å²) in [6.45, 7) is 4.29. The summed E-state index contributed by atoms with van der Waals surface area (Å²) in [5.74, 6) is 0.609. The second-order valence-electron chi connectivity index (χ2n) is 5.69. The quantitative estimate of drug-likeness (QED) is 0.321. The zero-order valence-corrected chi connectivity index (χ0v) is 15.5. The van der Waals surface area contributed by atoms with E-state index < -0.39 is 6.10 Å². The molecule has 1 atom stereocenters. The minimum Gasteiger partial charge on any atom is -0.492 e. The van der Waals surface area contributed by atoms with Crippen LogP contribution in [0.1, 0.15) is 18.1 Å². The van der Waals surface area contributed by atoms with E-state index in [-0.39, 0.29) is 11.7 Å². The SMILES string of the molecule is Cc1cccc(OCCNC(=O)C(C)O/N=C(/N)c2cccc(Cl)c2)c1. The molecule has 7 heteroatoms. The van der Waals surface area contributed by atoms with Crippen LogP contribution in [0.3, 0.4) is 0 Å². The molecule has 2 aromatic carbocycles. The minimum atomic E-state index is -0.785. The van der Waals surface area contributed by atoms with Crippen molar-refractivity contribution in [2.75, 3.05) is 13.2 Å². The minimum absolute atomic E-state index is 0.148. The normalized spacial score (nSPS) is 12.3. The van der Waals surface area contributed by atoms with Crippen LogP contribution < -0.4 is 15.8 Å². The predicted octanol–water partition coefficient (Wildman–Crippen LogP) is 2.87. The summed E-state index contributed by atoms with van der Waals surface area (Å²) < 4.78 is 5.57. The van der Waals surface area contributed by atoms with Crippen LogP contribution in [-0.2, 0) is 9.63 Å². The van der Waals surface area contributed by atoms with Gasteiger partial charge < -0.3 is 20.6 Å². The van der Waals surface area contributed by atoms with Gasteiger partial charge in [0.15, 0.2) is 5.84 Å². The van der Waals surface area contributed by atoms with Crippen molar-refractivity contribution in [1.29, 1.82) is 0 Å². The summed E-state index contributed by atoms with van der Waals surface area (Å²) in [5.41, 5.74) is 7.56. The van der Waals surface area contributed by atoms with E-state index in [1.165, 1.54) is 0 Å². The van der Waals surface area contributed by atoms with Crippen molar-refractivity contribution in [2.24, 2.45) is 10.9 Å². The number of oxime groups is 1. The first-order chi connectivity index (χ1) is 12.5. The summed E-state index contributed by atoms with van der Waals surface area (Å²) in [5, 5.41) is 7.05. The van der Waals surface area contributed by atoms with Crippen LogP contribution in [0.5, 0.6) is 5.75 Å². The van der Waals surface area contributed by atoms with E-state index in [0.29, 0.717) is 23.7 Å². The van der Waals surface area contributed by atoms with Gasteiger partial charge in [0, 0.05) is 10.6 Å². The highest BCUT2D eigenvalue weighted by molar-refractivity contribution is 6.31. The Labute approximate surface area is 157 Å². The molecule has 0 spiro atoms. The van der Waals surface area contributed by atoms with Crippen LogP contribution in [0.4, 0.5) is 0 Å². The molecule has 26 heavy (non-hydrogen) atoms. The number of aryl methyl sites for hydroxylation is 1. The lowest BCUT2D eigenvalue weighted by Crippen LogP contribution is -2.36. The molecule has 3 N–H and O–H groups in total. The number of ether oxygens (including phenoxy) is 1. The van der Waals surface area contributed by atoms with Gasteiger partial charge in [0.25, 0.3) is 5.91 Å². The summed E-state index contributed by atoms with van der Waals surface area (Å²) in [6.07, 6.45) is -0.785. The maximum atomic E-state index is 12.0. The van der Waals surface area contributed by atoms with E-state index in [4.69, 9.17) is 26.9 Å². The number of benzene rings is 2.